The van der Waals surface area contributed by atoms with Crippen molar-refractivity contribution in [2.75, 3.05) is 45.3 Å². The molecule has 3 aromatic rings. The van der Waals surface area contributed by atoms with E-state index in [1.165, 1.54) is 6.08 Å². The number of benzene rings is 1. The maximum Gasteiger partial charge on any atom is 0.255 e. The van der Waals surface area contributed by atoms with Crippen LogP contribution in [-0.2, 0) is 16.0 Å². The number of fused-ring (bicyclic) bond motifs is 1. The third kappa shape index (κ3) is 5.05. The molecule has 1 atom stereocenters. The number of hydrogen-bond acceptors (Lipinski definition) is 7. The van der Waals surface area contributed by atoms with Crippen molar-refractivity contribution in [3.05, 3.63) is 65.6 Å². The Hall–Kier alpha value is -4.02. The van der Waals surface area contributed by atoms with Crippen LogP contribution in [0.1, 0.15) is 16.1 Å². The number of morpholine rings is 1. The van der Waals surface area contributed by atoms with Gasteiger partial charge in [0.25, 0.3) is 5.91 Å². The predicted molar refractivity (Wildman–Crippen MR) is 143 cm³/mol. The smallest absolute Gasteiger partial charge is 0.255 e. The third-order valence-corrected chi connectivity index (χ3v) is 6.80. The highest BCUT2D eigenvalue weighted by Gasteiger charge is 2.29. The van der Waals surface area contributed by atoms with E-state index in [0.717, 1.165) is 5.69 Å². The molecule has 38 heavy (non-hydrogen) atoms. The summed E-state index contributed by atoms with van der Waals surface area (Å²) < 4.78 is 17.5. The second kappa shape index (κ2) is 11.2. The van der Waals surface area contributed by atoms with Gasteiger partial charge in [0.15, 0.2) is 5.75 Å². The predicted octanol–water partition coefficient (Wildman–Crippen LogP) is 3.56. The first kappa shape index (κ1) is 25.6. The Morgan fingerprint density at radius 3 is 3.08 bits per heavy atom. The van der Waals surface area contributed by atoms with Gasteiger partial charge in [-0.1, -0.05) is 24.2 Å². The van der Waals surface area contributed by atoms with E-state index in [-0.39, 0.29) is 24.5 Å². The maximum absolute atomic E-state index is 13.0. The van der Waals surface area contributed by atoms with E-state index in [1.54, 1.807) is 36.5 Å². The van der Waals surface area contributed by atoms with Crippen LogP contribution in [0, 0.1) is 0 Å². The Bertz CT molecular complexity index is 1370. The zero-order valence-electron chi connectivity index (χ0n) is 20.9. The lowest BCUT2D eigenvalue weighted by atomic mass is 10.0. The number of carbonyl (C=O) groups is 2. The molecule has 1 saturated heterocycles. The minimum atomic E-state index is -0.309. The number of rotatable bonds is 8. The summed E-state index contributed by atoms with van der Waals surface area (Å²) in [5.41, 5.74) is 3.89. The number of nitrogens with zero attached hydrogens (tertiary/aromatic N) is 2. The number of hydrogen-bond donors (Lipinski definition) is 3. The van der Waals surface area contributed by atoms with Crippen molar-refractivity contribution in [2.24, 2.45) is 0 Å². The molecule has 0 unspecified atom stereocenters. The van der Waals surface area contributed by atoms with Gasteiger partial charge >= 0.3 is 0 Å². The molecule has 2 amide bonds. The van der Waals surface area contributed by atoms with Crippen molar-refractivity contribution in [3.63, 3.8) is 0 Å². The molecule has 0 bridgehead atoms. The fourth-order valence-electron chi connectivity index (χ4n) is 4.69. The average molecular weight is 538 g/mol. The Kier molecular flexibility index (Phi) is 7.52. The molecule has 2 aromatic heterocycles. The van der Waals surface area contributed by atoms with Crippen LogP contribution < -0.4 is 20.1 Å². The number of methoxy groups -OCH3 is 1. The van der Waals surface area contributed by atoms with Gasteiger partial charge < -0.3 is 34.7 Å². The molecule has 4 heterocycles. The topological polar surface area (TPSA) is 118 Å². The Balaban J connectivity index is 1.48. The van der Waals surface area contributed by atoms with E-state index < -0.39 is 0 Å². The molecule has 198 valence electrons. The largest absolute Gasteiger partial charge is 0.493 e. The fraction of sp³-hybridized carbons (Fsp3) is 0.296. The minimum absolute atomic E-state index is 0.136. The van der Waals surface area contributed by atoms with Crippen LogP contribution in [0.2, 0.25) is 5.02 Å². The number of amides is 2. The van der Waals surface area contributed by atoms with E-state index in [1.807, 2.05) is 12.1 Å². The summed E-state index contributed by atoms with van der Waals surface area (Å²) in [4.78, 5) is 34.4. The molecular weight excluding hydrogens is 510 g/mol. The number of halogens is 1. The SMILES string of the molecule is C=CC(=O)N1CCO[C@@H](COc2cnccc2-c2[nH]c3c(c2Nc2cccc(Cl)c2OC)C(=O)NCC3)C1. The molecule has 2 aliphatic rings. The number of pyridine rings is 1. The lowest BCUT2D eigenvalue weighted by Gasteiger charge is -2.32. The zero-order valence-corrected chi connectivity index (χ0v) is 21.6. The van der Waals surface area contributed by atoms with E-state index in [0.29, 0.717) is 77.4 Å². The molecule has 5 rings (SSSR count). The first-order valence-corrected chi connectivity index (χ1v) is 12.6. The van der Waals surface area contributed by atoms with Crippen molar-refractivity contribution >= 4 is 34.8 Å². The number of nitrogens with one attached hydrogen (secondary N) is 3. The van der Waals surface area contributed by atoms with Gasteiger partial charge in [0.05, 0.1) is 54.1 Å². The number of carbonyl (C=O) groups excluding carboxylic acids is 2. The van der Waals surface area contributed by atoms with Crippen LogP contribution in [0.4, 0.5) is 11.4 Å². The molecule has 3 N–H and O–H groups in total. The average Bonchev–Trinajstić information content (AvgIpc) is 3.31. The summed E-state index contributed by atoms with van der Waals surface area (Å²) in [6.07, 6.45) is 4.92. The maximum atomic E-state index is 13.0. The van der Waals surface area contributed by atoms with Gasteiger partial charge in [0, 0.05) is 37.0 Å². The van der Waals surface area contributed by atoms with Crippen molar-refractivity contribution < 1.29 is 23.8 Å². The van der Waals surface area contributed by atoms with Crippen molar-refractivity contribution in [1.82, 2.24) is 20.2 Å². The number of aromatic nitrogens is 2. The molecule has 10 nitrogen and oxygen atoms in total. The first-order chi connectivity index (χ1) is 18.5. The van der Waals surface area contributed by atoms with E-state index in [4.69, 9.17) is 25.8 Å². The Labute approximate surface area is 224 Å². The van der Waals surface area contributed by atoms with Gasteiger partial charge in [-0.05, 0) is 24.3 Å². The first-order valence-electron chi connectivity index (χ1n) is 12.2. The van der Waals surface area contributed by atoms with Crippen LogP contribution in [0.15, 0.2) is 49.3 Å². The molecule has 0 spiro atoms. The van der Waals surface area contributed by atoms with E-state index in [9.17, 15) is 9.59 Å². The highest BCUT2D eigenvalue weighted by molar-refractivity contribution is 6.32. The van der Waals surface area contributed by atoms with Crippen LogP contribution in [-0.4, -0.2) is 72.7 Å². The van der Waals surface area contributed by atoms with Gasteiger partial charge in [-0.25, -0.2) is 0 Å². The quantitative estimate of drug-likeness (QED) is 0.376. The molecule has 2 aliphatic heterocycles. The number of H-pyrrole nitrogens is 1. The fourth-order valence-corrected chi connectivity index (χ4v) is 4.94. The second-order valence-corrected chi connectivity index (χ2v) is 9.25. The van der Waals surface area contributed by atoms with Crippen molar-refractivity contribution in [1.29, 1.82) is 0 Å². The van der Waals surface area contributed by atoms with Gasteiger partial charge in [-0.3, -0.25) is 14.6 Å². The summed E-state index contributed by atoms with van der Waals surface area (Å²) in [7, 11) is 1.54. The third-order valence-electron chi connectivity index (χ3n) is 6.50. The summed E-state index contributed by atoms with van der Waals surface area (Å²) in [5.74, 6) is 0.646. The number of ether oxygens (including phenoxy) is 3. The second-order valence-electron chi connectivity index (χ2n) is 8.84. The minimum Gasteiger partial charge on any atom is -0.493 e. The number of para-hydroxylation sites is 1. The highest BCUT2D eigenvalue weighted by atomic mass is 35.5. The molecule has 0 aliphatic carbocycles. The lowest BCUT2D eigenvalue weighted by molar-refractivity contribution is -0.134. The standard InChI is InChI=1S/C27H28ClN5O5/c1-3-22(34)33-11-12-37-16(14-33)15-38-21-13-29-9-7-17(21)24-25(23-19(31-24)8-10-30-27(23)35)32-20-6-4-5-18(28)26(20)36-2/h3-7,9,13,16,31-32H,1,8,10-12,14-15H2,2H3,(H,30,35)/t16-/m1/s1. The van der Waals surface area contributed by atoms with Gasteiger partial charge in [-0.15, -0.1) is 0 Å². The summed E-state index contributed by atoms with van der Waals surface area (Å²) in [5, 5.41) is 6.73. The molecule has 1 fully saturated rings. The van der Waals surface area contributed by atoms with Gasteiger partial charge in [-0.2, -0.15) is 0 Å². The van der Waals surface area contributed by atoms with Crippen molar-refractivity contribution in [3.8, 4) is 22.8 Å². The number of anilines is 2. The number of aromatic amines is 1. The normalized spacial score (nSPS) is 16.8. The molecule has 1 aromatic carbocycles. The Morgan fingerprint density at radius 1 is 1.39 bits per heavy atom. The van der Waals surface area contributed by atoms with Crippen LogP contribution in [0.5, 0.6) is 11.5 Å². The monoisotopic (exact) mass is 537 g/mol. The summed E-state index contributed by atoms with van der Waals surface area (Å²) in [6, 6.07) is 7.19. The van der Waals surface area contributed by atoms with E-state index in [2.05, 4.69) is 27.2 Å². The van der Waals surface area contributed by atoms with Crippen LogP contribution >= 0.6 is 11.6 Å². The summed E-state index contributed by atoms with van der Waals surface area (Å²) in [6.45, 7) is 5.64. The molecular formula is C27H28ClN5O5. The summed E-state index contributed by atoms with van der Waals surface area (Å²) >= 11 is 6.36. The van der Waals surface area contributed by atoms with Crippen LogP contribution in [0.25, 0.3) is 11.3 Å². The highest BCUT2D eigenvalue weighted by Crippen LogP contribution is 2.42. The van der Waals surface area contributed by atoms with Crippen molar-refractivity contribution in [2.45, 2.75) is 12.5 Å². The zero-order chi connectivity index (χ0) is 26.6. The molecule has 11 heteroatoms. The molecule has 0 radical (unpaired) electrons. The van der Waals surface area contributed by atoms with Gasteiger partial charge in [0.2, 0.25) is 5.91 Å². The molecule has 0 saturated carbocycles. The lowest BCUT2D eigenvalue weighted by Crippen LogP contribution is -2.47. The van der Waals surface area contributed by atoms with E-state index >= 15 is 0 Å². The van der Waals surface area contributed by atoms with Crippen LogP contribution in [0.3, 0.4) is 0 Å². The van der Waals surface area contributed by atoms with Gasteiger partial charge in [0.1, 0.15) is 18.5 Å². The Morgan fingerprint density at radius 2 is 2.26 bits per heavy atom.